The number of benzene rings is 1. The molecule has 3 saturated heterocycles. The minimum absolute atomic E-state index is 0.0672. The first-order chi connectivity index (χ1) is 12.7. The summed E-state index contributed by atoms with van der Waals surface area (Å²) in [5.41, 5.74) is 11.0. The molecule has 1 aromatic rings. The Balaban J connectivity index is 1.55. The standard InChI is InChI=1S/C21H23N3O2/c22-12-1-2-14-15(7-12)24-18(25)9-16-19-13-8-17-21(14,20(19)24)4-5-23(17)10-11(13)3-6-26-16/h1-3,7,13,16-17,19-20H,4-6,8-10,22H2/t13-,16-,17-,19-,20-,21+/m0/s1. The lowest BCUT2D eigenvalue weighted by molar-refractivity contribution is -0.132. The lowest BCUT2D eigenvalue weighted by Gasteiger charge is -2.58. The molecular formula is C21H23N3O2. The van der Waals surface area contributed by atoms with Crippen LogP contribution in [0.5, 0.6) is 0 Å². The fourth-order valence-corrected chi connectivity index (χ4v) is 7.57. The van der Waals surface area contributed by atoms with E-state index in [4.69, 9.17) is 10.5 Å². The number of hydrogen-bond donors (Lipinski definition) is 1. The van der Waals surface area contributed by atoms with Crippen LogP contribution in [-0.2, 0) is 14.9 Å². The molecule has 0 radical (unpaired) electrons. The van der Waals surface area contributed by atoms with Crippen LogP contribution >= 0.6 is 0 Å². The van der Waals surface area contributed by atoms with Gasteiger partial charge in [0.25, 0.3) is 0 Å². The average molecular weight is 349 g/mol. The van der Waals surface area contributed by atoms with E-state index in [2.05, 4.69) is 21.9 Å². The summed E-state index contributed by atoms with van der Waals surface area (Å²) in [5.74, 6) is 1.22. The number of ether oxygens (including phenoxy) is 1. The Morgan fingerprint density at radius 2 is 2.23 bits per heavy atom. The maximum Gasteiger partial charge on any atom is 0.229 e. The van der Waals surface area contributed by atoms with E-state index in [9.17, 15) is 4.79 Å². The van der Waals surface area contributed by atoms with Gasteiger partial charge in [-0.05, 0) is 43.0 Å². The predicted molar refractivity (Wildman–Crippen MR) is 97.8 cm³/mol. The van der Waals surface area contributed by atoms with Crippen molar-refractivity contribution in [1.82, 2.24) is 4.90 Å². The molecule has 6 atom stereocenters. The van der Waals surface area contributed by atoms with E-state index in [-0.39, 0.29) is 23.5 Å². The van der Waals surface area contributed by atoms with Crippen molar-refractivity contribution in [3.05, 3.63) is 35.4 Å². The van der Waals surface area contributed by atoms with E-state index >= 15 is 0 Å². The maximum absolute atomic E-state index is 13.2. The molecule has 1 aromatic carbocycles. The summed E-state index contributed by atoms with van der Waals surface area (Å²) >= 11 is 0. The highest BCUT2D eigenvalue weighted by Crippen LogP contribution is 2.65. The zero-order chi connectivity index (χ0) is 17.2. The van der Waals surface area contributed by atoms with Crippen LogP contribution in [0, 0.1) is 11.8 Å². The van der Waals surface area contributed by atoms with Gasteiger partial charge in [0.2, 0.25) is 5.91 Å². The van der Waals surface area contributed by atoms with E-state index in [0.29, 0.717) is 30.9 Å². The molecule has 1 spiro atoms. The summed E-state index contributed by atoms with van der Waals surface area (Å²) in [6.45, 7) is 2.89. The Bertz CT molecular complexity index is 895. The Morgan fingerprint density at radius 1 is 1.31 bits per heavy atom. The van der Waals surface area contributed by atoms with Crippen LogP contribution in [-0.4, -0.2) is 48.7 Å². The van der Waals surface area contributed by atoms with Crippen molar-refractivity contribution >= 4 is 17.3 Å². The summed E-state index contributed by atoms with van der Waals surface area (Å²) in [7, 11) is 0. The van der Waals surface area contributed by atoms with E-state index < -0.39 is 0 Å². The van der Waals surface area contributed by atoms with Crippen molar-refractivity contribution in [2.75, 3.05) is 30.3 Å². The number of amides is 1. The lowest BCUT2D eigenvalue weighted by Crippen LogP contribution is -2.69. The number of hydrogen-bond acceptors (Lipinski definition) is 4. The highest BCUT2D eigenvalue weighted by molar-refractivity contribution is 5.99. The number of piperidine rings is 2. The number of carbonyl (C=O) groups is 1. The van der Waals surface area contributed by atoms with Gasteiger partial charge in [-0.1, -0.05) is 17.7 Å². The number of rotatable bonds is 0. The number of nitrogens with zero attached hydrogens (tertiary/aromatic N) is 2. The third-order valence-corrected chi connectivity index (χ3v) is 8.33. The molecule has 7 rings (SSSR count). The predicted octanol–water partition coefficient (Wildman–Crippen LogP) is 1.67. The molecule has 0 aromatic heterocycles. The first-order valence-electron chi connectivity index (χ1n) is 9.95. The van der Waals surface area contributed by atoms with Gasteiger partial charge in [-0.3, -0.25) is 9.69 Å². The second kappa shape index (κ2) is 4.34. The van der Waals surface area contributed by atoms with E-state index in [0.717, 1.165) is 30.9 Å². The van der Waals surface area contributed by atoms with Crippen LogP contribution in [0.2, 0.25) is 0 Å². The number of carbonyl (C=O) groups excluding carboxylic acids is 1. The van der Waals surface area contributed by atoms with Crippen molar-refractivity contribution < 1.29 is 9.53 Å². The summed E-state index contributed by atoms with van der Waals surface area (Å²) < 4.78 is 6.25. The van der Waals surface area contributed by atoms with Gasteiger partial charge in [-0.15, -0.1) is 0 Å². The molecule has 4 fully saturated rings. The van der Waals surface area contributed by atoms with Crippen molar-refractivity contribution in [1.29, 1.82) is 0 Å². The zero-order valence-corrected chi connectivity index (χ0v) is 14.7. The SMILES string of the molecule is Nc1ccc2c(c1)N1C(=O)C[C@@H]3OCC=C4CN5CC[C@]26[C@@H]5C[C@@H]4[C@@H]3[C@H]16. The van der Waals surface area contributed by atoms with E-state index in [1.807, 2.05) is 12.1 Å². The Kier molecular flexibility index (Phi) is 2.38. The van der Waals surface area contributed by atoms with Gasteiger partial charge in [-0.25, -0.2) is 0 Å². The molecule has 5 nitrogen and oxygen atoms in total. The molecule has 1 saturated carbocycles. The molecule has 5 aliphatic heterocycles. The highest BCUT2D eigenvalue weighted by Gasteiger charge is 2.70. The van der Waals surface area contributed by atoms with Crippen molar-refractivity contribution in [2.24, 2.45) is 11.8 Å². The van der Waals surface area contributed by atoms with Crippen LogP contribution in [0.25, 0.3) is 0 Å². The minimum Gasteiger partial charge on any atom is -0.399 e. The molecule has 5 heteroatoms. The van der Waals surface area contributed by atoms with Crippen LogP contribution in [0.4, 0.5) is 11.4 Å². The highest BCUT2D eigenvalue weighted by atomic mass is 16.5. The molecule has 2 bridgehead atoms. The van der Waals surface area contributed by atoms with E-state index in [1.54, 1.807) is 5.57 Å². The number of anilines is 2. The molecule has 1 aliphatic carbocycles. The van der Waals surface area contributed by atoms with Crippen LogP contribution in [0.3, 0.4) is 0 Å². The molecular weight excluding hydrogens is 326 g/mol. The molecule has 26 heavy (non-hydrogen) atoms. The maximum atomic E-state index is 13.2. The van der Waals surface area contributed by atoms with Crippen LogP contribution in [0.1, 0.15) is 24.8 Å². The van der Waals surface area contributed by atoms with Gasteiger partial charge < -0.3 is 15.4 Å². The molecule has 1 amide bonds. The van der Waals surface area contributed by atoms with Gasteiger partial charge in [0.15, 0.2) is 0 Å². The topological polar surface area (TPSA) is 58.8 Å². The quantitative estimate of drug-likeness (QED) is 0.572. The van der Waals surface area contributed by atoms with Gasteiger partial charge in [0, 0.05) is 35.3 Å². The summed E-state index contributed by atoms with van der Waals surface area (Å²) in [5, 5.41) is 0. The Labute approximate surface area is 152 Å². The first kappa shape index (κ1) is 14.2. The van der Waals surface area contributed by atoms with Crippen LogP contribution in [0.15, 0.2) is 29.8 Å². The molecule has 134 valence electrons. The third-order valence-electron chi connectivity index (χ3n) is 8.33. The van der Waals surface area contributed by atoms with Crippen molar-refractivity contribution in [3.8, 4) is 0 Å². The monoisotopic (exact) mass is 349 g/mol. The van der Waals surface area contributed by atoms with Gasteiger partial charge >= 0.3 is 0 Å². The fraction of sp³-hybridized carbons (Fsp3) is 0.571. The molecule has 5 heterocycles. The molecule has 0 unspecified atom stereocenters. The van der Waals surface area contributed by atoms with Crippen molar-refractivity contribution in [3.63, 3.8) is 0 Å². The fourth-order valence-electron chi connectivity index (χ4n) is 7.57. The van der Waals surface area contributed by atoms with Crippen molar-refractivity contribution in [2.45, 2.75) is 42.9 Å². The molecule has 6 aliphatic rings. The summed E-state index contributed by atoms with van der Waals surface area (Å²) in [6, 6.07) is 7.07. The normalized spacial score (nSPS) is 44.6. The number of fused-ring (bicyclic) bond motifs is 2. The smallest absolute Gasteiger partial charge is 0.229 e. The summed E-state index contributed by atoms with van der Waals surface area (Å²) in [6.07, 6.45) is 5.26. The van der Waals surface area contributed by atoms with E-state index in [1.165, 1.54) is 12.0 Å². The zero-order valence-electron chi connectivity index (χ0n) is 14.7. The lowest BCUT2D eigenvalue weighted by atomic mass is 9.53. The Morgan fingerprint density at radius 3 is 3.15 bits per heavy atom. The Hall–Kier alpha value is -1.85. The molecule has 2 N–H and O–H groups in total. The van der Waals surface area contributed by atoms with Gasteiger partial charge in [0.05, 0.1) is 25.2 Å². The number of nitrogens with two attached hydrogens (primary N) is 1. The van der Waals surface area contributed by atoms with Crippen LogP contribution < -0.4 is 10.6 Å². The third kappa shape index (κ3) is 1.37. The number of nitrogen functional groups attached to an aromatic ring is 1. The second-order valence-corrected chi connectivity index (χ2v) is 9.04. The van der Waals surface area contributed by atoms with Gasteiger partial charge in [0.1, 0.15) is 0 Å². The first-order valence-corrected chi connectivity index (χ1v) is 9.95. The summed E-state index contributed by atoms with van der Waals surface area (Å²) in [4.78, 5) is 18.1. The second-order valence-electron chi connectivity index (χ2n) is 9.04. The minimum atomic E-state index is 0.0672. The largest absolute Gasteiger partial charge is 0.399 e. The van der Waals surface area contributed by atoms with Gasteiger partial charge in [-0.2, -0.15) is 0 Å². The average Bonchev–Trinajstić information content (AvgIpc) is 3.08.